The summed E-state index contributed by atoms with van der Waals surface area (Å²) in [6.07, 6.45) is 3.10. The van der Waals surface area contributed by atoms with Crippen LogP contribution in [-0.4, -0.2) is 18.8 Å². The maximum absolute atomic E-state index is 5.70. The van der Waals surface area contributed by atoms with E-state index in [0.29, 0.717) is 6.54 Å². The van der Waals surface area contributed by atoms with Crippen molar-refractivity contribution in [2.45, 2.75) is 45.6 Å². The van der Waals surface area contributed by atoms with Gasteiger partial charge in [0, 0.05) is 13.2 Å². The van der Waals surface area contributed by atoms with Gasteiger partial charge in [0.25, 0.3) is 0 Å². The molecule has 0 aromatic carbocycles. The van der Waals surface area contributed by atoms with Crippen molar-refractivity contribution in [2.75, 3.05) is 13.2 Å². The van der Waals surface area contributed by atoms with Gasteiger partial charge in [-0.05, 0) is 19.3 Å². The Morgan fingerprint density at radius 1 is 1.18 bits per heavy atom. The second-order valence-electron chi connectivity index (χ2n) is 2.94. The zero-order chi connectivity index (χ0) is 8.74. The summed E-state index contributed by atoms with van der Waals surface area (Å²) in [5.41, 5.74) is 5.60. The molecule has 11 heavy (non-hydrogen) atoms. The average molecular weight is 159 g/mol. The zero-order valence-corrected chi connectivity index (χ0v) is 8.02. The quantitative estimate of drug-likeness (QED) is 0.642. The van der Waals surface area contributed by atoms with E-state index in [4.69, 9.17) is 10.5 Å². The van der Waals surface area contributed by atoms with Gasteiger partial charge in [0.15, 0.2) is 0 Å². The van der Waals surface area contributed by atoms with E-state index in [1.165, 1.54) is 0 Å². The van der Waals surface area contributed by atoms with E-state index in [9.17, 15) is 0 Å². The number of ether oxygens (including phenoxy) is 1. The topological polar surface area (TPSA) is 35.2 Å². The van der Waals surface area contributed by atoms with Gasteiger partial charge in [-0.15, -0.1) is 0 Å². The molecule has 0 fully saturated rings. The SMILES string of the molecule is CCCOC(CC)(CC)CN. The van der Waals surface area contributed by atoms with E-state index in [2.05, 4.69) is 20.8 Å². The lowest BCUT2D eigenvalue weighted by atomic mass is 9.97. The van der Waals surface area contributed by atoms with Crippen LogP contribution in [0.5, 0.6) is 0 Å². The fourth-order valence-corrected chi connectivity index (χ4v) is 1.12. The van der Waals surface area contributed by atoms with E-state index in [0.717, 1.165) is 25.9 Å². The molecule has 0 unspecified atom stereocenters. The minimum Gasteiger partial charge on any atom is -0.374 e. The molecule has 0 atom stereocenters. The van der Waals surface area contributed by atoms with Crippen LogP contribution in [0, 0.1) is 0 Å². The van der Waals surface area contributed by atoms with Crippen molar-refractivity contribution in [3.8, 4) is 0 Å². The second-order valence-corrected chi connectivity index (χ2v) is 2.94. The fourth-order valence-electron chi connectivity index (χ4n) is 1.12. The molecule has 0 amide bonds. The molecule has 2 heteroatoms. The summed E-state index contributed by atoms with van der Waals surface area (Å²) in [6.45, 7) is 7.85. The summed E-state index contributed by atoms with van der Waals surface area (Å²) >= 11 is 0. The van der Waals surface area contributed by atoms with Gasteiger partial charge in [-0.25, -0.2) is 0 Å². The number of nitrogens with two attached hydrogens (primary N) is 1. The zero-order valence-electron chi connectivity index (χ0n) is 8.02. The van der Waals surface area contributed by atoms with Gasteiger partial charge in [-0.1, -0.05) is 20.8 Å². The van der Waals surface area contributed by atoms with Crippen LogP contribution < -0.4 is 5.73 Å². The van der Waals surface area contributed by atoms with Crippen LogP contribution in [0.2, 0.25) is 0 Å². The van der Waals surface area contributed by atoms with Crippen molar-refractivity contribution >= 4 is 0 Å². The third-order valence-electron chi connectivity index (χ3n) is 2.27. The van der Waals surface area contributed by atoms with E-state index in [1.807, 2.05) is 0 Å². The van der Waals surface area contributed by atoms with Gasteiger partial charge >= 0.3 is 0 Å². The van der Waals surface area contributed by atoms with Crippen LogP contribution in [0.3, 0.4) is 0 Å². The molecule has 68 valence electrons. The first-order chi connectivity index (χ1) is 5.24. The minimum atomic E-state index is -0.0456. The first-order valence-corrected chi connectivity index (χ1v) is 4.58. The van der Waals surface area contributed by atoms with Gasteiger partial charge in [-0.3, -0.25) is 0 Å². The standard InChI is InChI=1S/C9H21NO/c1-4-7-11-9(5-2,6-3)8-10/h4-8,10H2,1-3H3. The predicted octanol–water partition coefficient (Wildman–Crippen LogP) is 1.93. The van der Waals surface area contributed by atoms with Gasteiger partial charge in [0.2, 0.25) is 0 Å². The highest BCUT2D eigenvalue weighted by molar-refractivity contribution is 4.78. The molecule has 0 rings (SSSR count). The Hall–Kier alpha value is -0.0800. The molecule has 0 saturated heterocycles. The van der Waals surface area contributed by atoms with Crippen LogP contribution in [-0.2, 0) is 4.74 Å². The maximum Gasteiger partial charge on any atom is 0.0798 e. The van der Waals surface area contributed by atoms with Crippen LogP contribution in [0.25, 0.3) is 0 Å². The number of hydrogen-bond acceptors (Lipinski definition) is 2. The molecule has 0 bridgehead atoms. The number of rotatable bonds is 6. The van der Waals surface area contributed by atoms with Gasteiger partial charge in [0.1, 0.15) is 0 Å². The Bertz CT molecular complexity index is 81.3. The van der Waals surface area contributed by atoms with Crippen LogP contribution >= 0.6 is 0 Å². The summed E-state index contributed by atoms with van der Waals surface area (Å²) in [5.74, 6) is 0. The molecule has 0 aliphatic rings. The Balaban J connectivity index is 3.84. The lowest BCUT2D eigenvalue weighted by Gasteiger charge is -2.30. The van der Waals surface area contributed by atoms with Crippen LogP contribution in [0.4, 0.5) is 0 Å². The average Bonchev–Trinajstić information content (AvgIpc) is 2.08. The largest absolute Gasteiger partial charge is 0.374 e. The molecule has 0 aliphatic carbocycles. The highest BCUT2D eigenvalue weighted by atomic mass is 16.5. The first kappa shape index (κ1) is 10.9. The summed E-state index contributed by atoms with van der Waals surface area (Å²) in [7, 11) is 0. The van der Waals surface area contributed by atoms with Crippen molar-refractivity contribution in [3.05, 3.63) is 0 Å². The molecule has 2 N–H and O–H groups in total. The van der Waals surface area contributed by atoms with E-state index in [1.54, 1.807) is 0 Å². The minimum absolute atomic E-state index is 0.0456. The van der Waals surface area contributed by atoms with Crippen molar-refractivity contribution in [3.63, 3.8) is 0 Å². The van der Waals surface area contributed by atoms with Crippen molar-refractivity contribution in [1.82, 2.24) is 0 Å². The highest BCUT2D eigenvalue weighted by Gasteiger charge is 2.24. The van der Waals surface area contributed by atoms with Crippen LogP contribution in [0.1, 0.15) is 40.0 Å². The molecule has 0 aromatic heterocycles. The smallest absolute Gasteiger partial charge is 0.0798 e. The third-order valence-corrected chi connectivity index (χ3v) is 2.27. The molecule has 0 saturated carbocycles. The van der Waals surface area contributed by atoms with Crippen molar-refractivity contribution in [2.24, 2.45) is 5.73 Å². The Morgan fingerprint density at radius 3 is 2.00 bits per heavy atom. The summed E-state index contributed by atoms with van der Waals surface area (Å²) in [6, 6.07) is 0. The molecular weight excluding hydrogens is 138 g/mol. The lowest BCUT2D eigenvalue weighted by Crippen LogP contribution is -2.39. The molecular formula is C9H21NO. The van der Waals surface area contributed by atoms with Gasteiger partial charge in [0.05, 0.1) is 5.60 Å². The second kappa shape index (κ2) is 5.56. The molecule has 2 nitrogen and oxygen atoms in total. The van der Waals surface area contributed by atoms with Gasteiger partial charge < -0.3 is 10.5 Å². The van der Waals surface area contributed by atoms with Crippen molar-refractivity contribution in [1.29, 1.82) is 0 Å². The lowest BCUT2D eigenvalue weighted by molar-refractivity contribution is -0.0439. The van der Waals surface area contributed by atoms with E-state index < -0.39 is 0 Å². The van der Waals surface area contributed by atoms with E-state index in [-0.39, 0.29) is 5.60 Å². The van der Waals surface area contributed by atoms with Crippen LogP contribution in [0.15, 0.2) is 0 Å². The first-order valence-electron chi connectivity index (χ1n) is 4.58. The third kappa shape index (κ3) is 3.21. The Morgan fingerprint density at radius 2 is 1.73 bits per heavy atom. The fraction of sp³-hybridized carbons (Fsp3) is 1.00. The Labute approximate surface area is 70.1 Å². The normalized spacial score (nSPS) is 12.0. The van der Waals surface area contributed by atoms with Gasteiger partial charge in [-0.2, -0.15) is 0 Å². The summed E-state index contributed by atoms with van der Waals surface area (Å²) in [5, 5.41) is 0. The summed E-state index contributed by atoms with van der Waals surface area (Å²) < 4.78 is 5.70. The Kier molecular flexibility index (Phi) is 5.51. The molecule has 0 spiro atoms. The molecule has 0 radical (unpaired) electrons. The number of hydrogen-bond donors (Lipinski definition) is 1. The monoisotopic (exact) mass is 159 g/mol. The van der Waals surface area contributed by atoms with E-state index >= 15 is 0 Å². The molecule has 0 heterocycles. The molecule has 0 aromatic rings. The predicted molar refractivity (Wildman–Crippen MR) is 48.6 cm³/mol. The highest BCUT2D eigenvalue weighted by Crippen LogP contribution is 2.18. The van der Waals surface area contributed by atoms with Crippen molar-refractivity contribution < 1.29 is 4.74 Å². The maximum atomic E-state index is 5.70. The summed E-state index contributed by atoms with van der Waals surface area (Å²) in [4.78, 5) is 0. The molecule has 0 aliphatic heterocycles.